The molecule has 106 valence electrons. The lowest BCUT2D eigenvalue weighted by Gasteiger charge is -2.12. The maximum absolute atomic E-state index is 11.9. The van der Waals surface area contributed by atoms with Crippen molar-refractivity contribution in [2.24, 2.45) is 5.92 Å². The summed E-state index contributed by atoms with van der Waals surface area (Å²) in [4.78, 5) is 11.9. The molecule has 1 heterocycles. The Bertz CT molecular complexity index is 536. The van der Waals surface area contributed by atoms with E-state index >= 15 is 0 Å². The average molecular weight is 274 g/mol. The van der Waals surface area contributed by atoms with Crippen LogP contribution in [-0.2, 0) is 4.79 Å². The standard InChI is InChI=1S/C13H18N6O/c1-3-14-8-10(2)13(20)16-11-4-6-12(7-5-11)19-9-15-17-18-19/h4-7,9-10,14H,3,8H2,1-2H3,(H,16,20). The predicted octanol–water partition coefficient (Wildman–Crippen LogP) is 0.846. The number of hydrogen-bond donors (Lipinski definition) is 2. The quantitative estimate of drug-likeness (QED) is 0.815. The van der Waals surface area contributed by atoms with Crippen molar-refractivity contribution in [3.05, 3.63) is 30.6 Å². The van der Waals surface area contributed by atoms with E-state index in [0.717, 1.165) is 17.9 Å². The summed E-state index contributed by atoms with van der Waals surface area (Å²) in [6.07, 6.45) is 1.52. The highest BCUT2D eigenvalue weighted by molar-refractivity contribution is 5.92. The van der Waals surface area contributed by atoms with E-state index in [9.17, 15) is 4.79 Å². The molecule has 0 fully saturated rings. The summed E-state index contributed by atoms with van der Waals surface area (Å²) in [6.45, 7) is 5.44. The number of carbonyl (C=O) groups excluding carboxylic acids is 1. The molecular weight excluding hydrogens is 256 g/mol. The zero-order valence-electron chi connectivity index (χ0n) is 11.6. The number of rotatable bonds is 6. The molecular formula is C13H18N6O. The highest BCUT2D eigenvalue weighted by Crippen LogP contribution is 2.12. The SMILES string of the molecule is CCNCC(C)C(=O)Nc1ccc(-n2cnnn2)cc1. The zero-order valence-corrected chi connectivity index (χ0v) is 11.6. The summed E-state index contributed by atoms with van der Waals surface area (Å²) in [5.41, 5.74) is 1.60. The Morgan fingerprint density at radius 1 is 1.35 bits per heavy atom. The molecule has 0 aliphatic carbocycles. The largest absolute Gasteiger partial charge is 0.326 e. The minimum atomic E-state index is -0.0749. The fourth-order valence-electron chi connectivity index (χ4n) is 1.70. The Morgan fingerprint density at radius 2 is 2.10 bits per heavy atom. The van der Waals surface area contributed by atoms with Crippen LogP contribution in [0, 0.1) is 5.92 Å². The van der Waals surface area contributed by atoms with Gasteiger partial charge in [0.15, 0.2) is 0 Å². The molecule has 0 aliphatic heterocycles. The Balaban J connectivity index is 1.95. The lowest BCUT2D eigenvalue weighted by molar-refractivity contribution is -0.119. The van der Waals surface area contributed by atoms with Crippen molar-refractivity contribution < 1.29 is 4.79 Å². The maximum atomic E-state index is 11.9. The lowest BCUT2D eigenvalue weighted by atomic mass is 10.1. The van der Waals surface area contributed by atoms with E-state index in [4.69, 9.17) is 0 Å². The van der Waals surface area contributed by atoms with Crippen LogP contribution in [0.3, 0.4) is 0 Å². The van der Waals surface area contributed by atoms with Gasteiger partial charge in [-0.05, 0) is 41.2 Å². The molecule has 1 aromatic carbocycles. The third kappa shape index (κ3) is 3.61. The fraction of sp³-hybridized carbons (Fsp3) is 0.385. The minimum Gasteiger partial charge on any atom is -0.326 e. The number of anilines is 1. The molecule has 7 nitrogen and oxygen atoms in total. The predicted molar refractivity (Wildman–Crippen MR) is 75.5 cm³/mol. The van der Waals surface area contributed by atoms with Crippen LogP contribution in [0.25, 0.3) is 5.69 Å². The monoisotopic (exact) mass is 274 g/mol. The van der Waals surface area contributed by atoms with Gasteiger partial charge in [-0.1, -0.05) is 13.8 Å². The van der Waals surface area contributed by atoms with Gasteiger partial charge in [0.25, 0.3) is 0 Å². The van der Waals surface area contributed by atoms with Gasteiger partial charge in [0, 0.05) is 18.2 Å². The van der Waals surface area contributed by atoms with Crippen LogP contribution in [-0.4, -0.2) is 39.2 Å². The fourth-order valence-corrected chi connectivity index (χ4v) is 1.70. The van der Waals surface area contributed by atoms with Crippen molar-refractivity contribution in [3.8, 4) is 5.69 Å². The molecule has 1 amide bonds. The molecule has 1 unspecified atom stereocenters. The normalized spacial score (nSPS) is 12.1. The Morgan fingerprint density at radius 3 is 2.70 bits per heavy atom. The Kier molecular flexibility index (Phi) is 4.78. The van der Waals surface area contributed by atoms with Crippen LogP contribution in [0.5, 0.6) is 0 Å². The second kappa shape index (κ2) is 6.76. The molecule has 20 heavy (non-hydrogen) atoms. The molecule has 0 spiro atoms. The van der Waals surface area contributed by atoms with Crippen molar-refractivity contribution in [1.29, 1.82) is 0 Å². The molecule has 0 bridgehead atoms. The lowest BCUT2D eigenvalue weighted by Crippen LogP contribution is -2.30. The first-order valence-electron chi connectivity index (χ1n) is 6.55. The topological polar surface area (TPSA) is 84.7 Å². The van der Waals surface area contributed by atoms with Crippen LogP contribution in [0.1, 0.15) is 13.8 Å². The van der Waals surface area contributed by atoms with Gasteiger partial charge in [0.2, 0.25) is 5.91 Å². The average Bonchev–Trinajstić information content (AvgIpc) is 2.99. The van der Waals surface area contributed by atoms with Crippen LogP contribution in [0.2, 0.25) is 0 Å². The summed E-state index contributed by atoms with van der Waals surface area (Å²) in [5.74, 6) is -0.0738. The summed E-state index contributed by atoms with van der Waals surface area (Å²) >= 11 is 0. The van der Waals surface area contributed by atoms with Gasteiger partial charge >= 0.3 is 0 Å². The summed E-state index contributed by atoms with van der Waals surface area (Å²) < 4.78 is 1.55. The zero-order chi connectivity index (χ0) is 14.4. The van der Waals surface area contributed by atoms with Crippen LogP contribution < -0.4 is 10.6 Å². The third-order valence-corrected chi connectivity index (χ3v) is 2.90. The number of hydrogen-bond acceptors (Lipinski definition) is 5. The van der Waals surface area contributed by atoms with Gasteiger partial charge in [-0.15, -0.1) is 5.10 Å². The Labute approximate surface area is 117 Å². The number of benzene rings is 1. The highest BCUT2D eigenvalue weighted by Gasteiger charge is 2.12. The third-order valence-electron chi connectivity index (χ3n) is 2.90. The number of aromatic nitrogens is 4. The summed E-state index contributed by atoms with van der Waals surface area (Å²) in [7, 11) is 0. The maximum Gasteiger partial charge on any atom is 0.228 e. The van der Waals surface area contributed by atoms with E-state index in [0.29, 0.717) is 6.54 Å². The van der Waals surface area contributed by atoms with Crippen molar-refractivity contribution >= 4 is 11.6 Å². The number of nitrogens with one attached hydrogen (secondary N) is 2. The van der Waals surface area contributed by atoms with E-state index in [2.05, 4.69) is 26.2 Å². The van der Waals surface area contributed by atoms with E-state index in [1.54, 1.807) is 4.68 Å². The minimum absolute atomic E-state index is 0.00104. The van der Waals surface area contributed by atoms with E-state index in [1.165, 1.54) is 6.33 Å². The van der Waals surface area contributed by atoms with Crippen LogP contribution in [0.15, 0.2) is 30.6 Å². The number of tetrazole rings is 1. The molecule has 1 atom stereocenters. The van der Waals surface area contributed by atoms with Crippen LogP contribution in [0.4, 0.5) is 5.69 Å². The molecule has 7 heteroatoms. The molecule has 2 rings (SSSR count). The summed E-state index contributed by atoms with van der Waals surface area (Å²) in [6, 6.07) is 7.35. The molecule has 2 N–H and O–H groups in total. The molecule has 2 aromatic rings. The molecule has 1 aromatic heterocycles. The van der Waals surface area contributed by atoms with Crippen molar-refractivity contribution in [2.75, 3.05) is 18.4 Å². The van der Waals surface area contributed by atoms with E-state index < -0.39 is 0 Å². The van der Waals surface area contributed by atoms with Crippen molar-refractivity contribution in [1.82, 2.24) is 25.5 Å². The molecule has 0 aliphatic rings. The molecule has 0 saturated heterocycles. The van der Waals surface area contributed by atoms with E-state index in [1.807, 2.05) is 38.1 Å². The van der Waals surface area contributed by atoms with Gasteiger partial charge in [0.1, 0.15) is 6.33 Å². The van der Waals surface area contributed by atoms with Gasteiger partial charge in [-0.25, -0.2) is 4.68 Å². The first-order chi connectivity index (χ1) is 9.70. The number of carbonyl (C=O) groups is 1. The highest BCUT2D eigenvalue weighted by atomic mass is 16.1. The van der Waals surface area contributed by atoms with Crippen molar-refractivity contribution in [3.63, 3.8) is 0 Å². The van der Waals surface area contributed by atoms with Gasteiger partial charge < -0.3 is 10.6 Å². The second-order valence-corrected chi connectivity index (χ2v) is 4.50. The van der Waals surface area contributed by atoms with E-state index in [-0.39, 0.29) is 11.8 Å². The number of nitrogens with zero attached hydrogens (tertiary/aromatic N) is 4. The van der Waals surface area contributed by atoms with Crippen molar-refractivity contribution in [2.45, 2.75) is 13.8 Å². The van der Waals surface area contributed by atoms with Gasteiger partial charge in [-0.2, -0.15) is 0 Å². The first kappa shape index (κ1) is 14.1. The second-order valence-electron chi connectivity index (χ2n) is 4.50. The van der Waals surface area contributed by atoms with Crippen LogP contribution >= 0.6 is 0 Å². The summed E-state index contributed by atoms with van der Waals surface area (Å²) in [5, 5.41) is 17.0. The molecule has 0 radical (unpaired) electrons. The van der Waals surface area contributed by atoms with Gasteiger partial charge in [-0.3, -0.25) is 4.79 Å². The smallest absolute Gasteiger partial charge is 0.228 e. The first-order valence-corrected chi connectivity index (χ1v) is 6.55. The molecule has 0 saturated carbocycles. The van der Waals surface area contributed by atoms with Gasteiger partial charge in [0.05, 0.1) is 5.69 Å². The Hall–Kier alpha value is -2.28. The number of amides is 1.